The third kappa shape index (κ3) is 3.69. The van der Waals surface area contributed by atoms with Crippen molar-refractivity contribution in [3.63, 3.8) is 0 Å². The Balaban J connectivity index is 1.57. The van der Waals surface area contributed by atoms with Crippen molar-refractivity contribution in [2.75, 3.05) is 31.2 Å². The monoisotopic (exact) mass is 316 g/mol. The van der Waals surface area contributed by atoms with Crippen LogP contribution in [0.15, 0.2) is 41.6 Å². The van der Waals surface area contributed by atoms with Crippen LogP contribution < -0.4 is 10.3 Å². The van der Waals surface area contributed by atoms with E-state index in [0.717, 1.165) is 31.2 Å². The normalized spacial score (nSPS) is 15.2. The fourth-order valence-electron chi connectivity index (χ4n) is 2.07. The number of nitrogens with one attached hydrogen (secondary N) is 1. The molecule has 3 heterocycles. The molecule has 1 N–H and O–H groups in total. The Morgan fingerprint density at radius 3 is 2.95 bits per heavy atom. The van der Waals surface area contributed by atoms with E-state index >= 15 is 0 Å². The predicted molar refractivity (Wildman–Crippen MR) is 86.6 cm³/mol. The number of nitrogens with zero attached hydrogens (tertiary/aromatic N) is 3. The Labute approximate surface area is 132 Å². The number of amides is 1. The maximum Gasteiger partial charge on any atom is 0.289 e. The summed E-state index contributed by atoms with van der Waals surface area (Å²) in [4.78, 5) is 19.0. The van der Waals surface area contributed by atoms with Crippen LogP contribution in [0.25, 0.3) is 0 Å². The molecule has 3 rings (SSSR count). The highest BCUT2D eigenvalue weighted by Crippen LogP contribution is 2.25. The zero-order valence-corrected chi connectivity index (χ0v) is 12.8. The van der Waals surface area contributed by atoms with Gasteiger partial charge in [0.1, 0.15) is 5.69 Å². The van der Waals surface area contributed by atoms with Gasteiger partial charge in [-0.1, -0.05) is 6.07 Å². The van der Waals surface area contributed by atoms with Crippen LogP contribution >= 0.6 is 11.3 Å². The first-order chi connectivity index (χ1) is 10.8. The van der Waals surface area contributed by atoms with Gasteiger partial charge in [-0.25, -0.2) is 5.43 Å². The highest BCUT2D eigenvalue weighted by molar-refractivity contribution is 7.17. The van der Waals surface area contributed by atoms with E-state index in [9.17, 15) is 4.79 Å². The molecule has 6 nitrogen and oxygen atoms in total. The van der Waals surface area contributed by atoms with Crippen LogP contribution in [0, 0.1) is 0 Å². The second-order valence-corrected chi connectivity index (χ2v) is 5.78. The standard InChI is InChI=1S/C15H16N4O2S/c20-15(13-3-1-2-6-16-13)18-17-11-12-4-5-14(22-12)19-7-9-21-10-8-19/h1-6,11H,7-10H2,(H,18,20)/b17-11+. The van der Waals surface area contributed by atoms with Crippen molar-refractivity contribution in [1.82, 2.24) is 10.4 Å². The quantitative estimate of drug-likeness (QED) is 0.689. The van der Waals surface area contributed by atoms with E-state index in [1.54, 1.807) is 41.9 Å². The number of hydrogen-bond acceptors (Lipinski definition) is 6. The summed E-state index contributed by atoms with van der Waals surface area (Å²) in [7, 11) is 0. The number of carbonyl (C=O) groups is 1. The SMILES string of the molecule is O=C(N/N=C/c1ccc(N2CCOCC2)s1)c1ccccn1. The Morgan fingerprint density at radius 1 is 1.32 bits per heavy atom. The molecule has 1 amide bonds. The number of anilines is 1. The molecular weight excluding hydrogens is 300 g/mol. The summed E-state index contributed by atoms with van der Waals surface area (Å²) in [5, 5.41) is 5.17. The molecule has 0 bridgehead atoms. The number of ether oxygens (including phenoxy) is 1. The Hall–Kier alpha value is -2.25. The number of morpholine rings is 1. The zero-order chi connectivity index (χ0) is 15.2. The van der Waals surface area contributed by atoms with Crippen LogP contribution in [-0.4, -0.2) is 43.4 Å². The molecule has 1 aliphatic rings. The van der Waals surface area contributed by atoms with Gasteiger partial charge in [0, 0.05) is 24.2 Å². The van der Waals surface area contributed by atoms with E-state index in [-0.39, 0.29) is 5.91 Å². The fraction of sp³-hybridized carbons (Fsp3) is 0.267. The molecule has 1 aliphatic heterocycles. The molecule has 0 radical (unpaired) electrons. The molecule has 7 heteroatoms. The van der Waals surface area contributed by atoms with E-state index in [0.29, 0.717) is 5.69 Å². The van der Waals surface area contributed by atoms with Crippen LogP contribution in [0.5, 0.6) is 0 Å². The largest absolute Gasteiger partial charge is 0.378 e. The van der Waals surface area contributed by atoms with Gasteiger partial charge in [0.15, 0.2) is 0 Å². The van der Waals surface area contributed by atoms with Gasteiger partial charge in [0.2, 0.25) is 0 Å². The molecule has 0 aromatic carbocycles. The van der Waals surface area contributed by atoms with Crippen molar-refractivity contribution in [2.24, 2.45) is 5.10 Å². The lowest BCUT2D eigenvalue weighted by molar-refractivity contribution is 0.0950. The molecule has 22 heavy (non-hydrogen) atoms. The van der Waals surface area contributed by atoms with Crippen LogP contribution in [0.1, 0.15) is 15.4 Å². The average Bonchev–Trinajstić information content (AvgIpc) is 3.05. The summed E-state index contributed by atoms with van der Waals surface area (Å²) in [6, 6.07) is 9.23. The van der Waals surface area contributed by atoms with Gasteiger partial charge in [0.25, 0.3) is 5.91 Å². The first kappa shape index (κ1) is 14.7. The van der Waals surface area contributed by atoms with E-state index in [1.807, 2.05) is 6.07 Å². The van der Waals surface area contributed by atoms with Crippen LogP contribution in [0.3, 0.4) is 0 Å². The fourth-order valence-corrected chi connectivity index (χ4v) is 3.00. The van der Waals surface area contributed by atoms with Gasteiger partial charge in [-0.15, -0.1) is 11.3 Å². The average molecular weight is 316 g/mol. The zero-order valence-electron chi connectivity index (χ0n) is 11.9. The highest BCUT2D eigenvalue weighted by Gasteiger charge is 2.12. The maximum absolute atomic E-state index is 11.8. The lowest BCUT2D eigenvalue weighted by atomic mass is 10.3. The van der Waals surface area contributed by atoms with Crippen molar-refractivity contribution < 1.29 is 9.53 Å². The Bertz CT molecular complexity index is 651. The number of rotatable bonds is 4. The van der Waals surface area contributed by atoms with Gasteiger partial charge in [-0.3, -0.25) is 9.78 Å². The minimum Gasteiger partial charge on any atom is -0.378 e. The summed E-state index contributed by atoms with van der Waals surface area (Å²) in [5.74, 6) is -0.318. The summed E-state index contributed by atoms with van der Waals surface area (Å²) in [6.45, 7) is 3.35. The molecule has 2 aromatic heterocycles. The molecule has 2 aromatic rings. The van der Waals surface area contributed by atoms with Crippen LogP contribution in [0.2, 0.25) is 0 Å². The van der Waals surface area contributed by atoms with Crippen molar-refractivity contribution in [1.29, 1.82) is 0 Å². The minimum atomic E-state index is -0.318. The Kier molecular flexibility index (Phi) is 4.77. The first-order valence-corrected chi connectivity index (χ1v) is 7.81. The van der Waals surface area contributed by atoms with E-state index in [2.05, 4.69) is 26.5 Å². The van der Waals surface area contributed by atoms with Gasteiger partial charge in [-0.05, 0) is 24.3 Å². The first-order valence-electron chi connectivity index (χ1n) is 7.00. The number of pyridine rings is 1. The molecule has 0 saturated carbocycles. The van der Waals surface area contributed by atoms with E-state index < -0.39 is 0 Å². The number of hydrazone groups is 1. The number of aromatic nitrogens is 1. The second kappa shape index (κ2) is 7.15. The minimum absolute atomic E-state index is 0.318. The summed E-state index contributed by atoms with van der Waals surface area (Å²) in [6.07, 6.45) is 3.22. The molecule has 1 fully saturated rings. The lowest BCUT2D eigenvalue weighted by Gasteiger charge is -2.27. The molecule has 114 valence electrons. The van der Waals surface area contributed by atoms with Crippen LogP contribution in [-0.2, 0) is 4.74 Å². The summed E-state index contributed by atoms with van der Waals surface area (Å²) < 4.78 is 5.34. The van der Waals surface area contributed by atoms with Gasteiger partial charge in [-0.2, -0.15) is 5.10 Å². The molecule has 0 aliphatic carbocycles. The van der Waals surface area contributed by atoms with Crippen molar-refractivity contribution in [3.8, 4) is 0 Å². The molecule has 0 unspecified atom stereocenters. The number of hydrogen-bond donors (Lipinski definition) is 1. The van der Waals surface area contributed by atoms with Gasteiger partial charge >= 0.3 is 0 Å². The molecule has 0 atom stereocenters. The molecule has 1 saturated heterocycles. The lowest BCUT2D eigenvalue weighted by Crippen LogP contribution is -2.35. The predicted octanol–water partition coefficient (Wildman–Crippen LogP) is 1.74. The topological polar surface area (TPSA) is 66.8 Å². The van der Waals surface area contributed by atoms with Gasteiger partial charge < -0.3 is 9.64 Å². The van der Waals surface area contributed by atoms with E-state index in [4.69, 9.17) is 4.74 Å². The molecule has 0 spiro atoms. The Morgan fingerprint density at radius 2 is 2.18 bits per heavy atom. The third-order valence-corrected chi connectivity index (χ3v) is 4.27. The van der Waals surface area contributed by atoms with Crippen LogP contribution in [0.4, 0.5) is 5.00 Å². The van der Waals surface area contributed by atoms with Crippen molar-refractivity contribution in [2.45, 2.75) is 0 Å². The number of thiophene rings is 1. The smallest absolute Gasteiger partial charge is 0.289 e. The summed E-state index contributed by atoms with van der Waals surface area (Å²) >= 11 is 1.64. The van der Waals surface area contributed by atoms with Crippen molar-refractivity contribution in [3.05, 3.63) is 47.1 Å². The number of carbonyl (C=O) groups excluding carboxylic acids is 1. The molecular formula is C15H16N4O2S. The van der Waals surface area contributed by atoms with Crippen molar-refractivity contribution >= 4 is 28.5 Å². The summed E-state index contributed by atoms with van der Waals surface area (Å²) in [5.41, 5.74) is 2.82. The third-order valence-electron chi connectivity index (χ3n) is 3.19. The second-order valence-electron chi connectivity index (χ2n) is 4.69. The van der Waals surface area contributed by atoms with E-state index in [1.165, 1.54) is 5.00 Å². The van der Waals surface area contributed by atoms with Gasteiger partial charge in [0.05, 0.1) is 24.4 Å². The maximum atomic E-state index is 11.8. The highest BCUT2D eigenvalue weighted by atomic mass is 32.1.